The number of carbonyl (C=O) groups excluding carboxylic acids is 2. The van der Waals surface area contributed by atoms with Crippen LogP contribution in [-0.4, -0.2) is 47.8 Å². The molecule has 2 amide bonds. The number of hydrogen-bond acceptors (Lipinski definition) is 3. The first-order chi connectivity index (χ1) is 12.4. The SMILES string of the molecule is CC(N)(C(=O)N1CCN(C(=O)c2ccc(F)cc2)CC1)c1ccccc1. The normalized spacial score (nSPS) is 16.9. The zero-order chi connectivity index (χ0) is 18.7. The maximum atomic E-state index is 13.0. The third-order valence-electron chi connectivity index (χ3n) is 4.76. The molecule has 0 aliphatic carbocycles. The summed E-state index contributed by atoms with van der Waals surface area (Å²) < 4.78 is 13.0. The zero-order valence-electron chi connectivity index (χ0n) is 14.7. The van der Waals surface area contributed by atoms with E-state index in [1.807, 2.05) is 30.3 Å². The summed E-state index contributed by atoms with van der Waals surface area (Å²) in [4.78, 5) is 28.7. The molecule has 0 spiro atoms. The molecule has 1 fully saturated rings. The van der Waals surface area contributed by atoms with E-state index in [1.165, 1.54) is 24.3 Å². The van der Waals surface area contributed by atoms with Crippen molar-refractivity contribution in [3.05, 3.63) is 71.5 Å². The standard InChI is InChI=1S/C20H22FN3O2/c1-20(22,16-5-3-2-4-6-16)19(26)24-13-11-23(12-14-24)18(25)15-7-9-17(21)10-8-15/h2-10H,11-14,22H2,1H3. The maximum absolute atomic E-state index is 13.0. The summed E-state index contributed by atoms with van der Waals surface area (Å²) in [6.45, 7) is 3.40. The Kier molecular flexibility index (Phi) is 5.04. The van der Waals surface area contributed by atoms with Gasteiger partial charge in [-0.05, 0) is 36.8 Å². The Bertz CT molecular complexity index is 782. The Morgan fingerprint density at radius 1 is 0.923 bits per heavy atom. The van der Waals surface area contributed by atoms with Crippen molar-refractivity contribution in [2.75, 3.05) is 26.2 Å². The van der Waals surface area contributed by atoms with Crippen molar-refractivity contribution < 1.29 is 14.0 Å². The first-order valence-electron chi connectivity index (χ1n) is 8.58. The highest BCUT2D eigenvalue weighted by atomic mass is 19.1. The minimum atomic E-state index is -1.11. The van der Waals surface area contributed by atoms with Gasteiger partial charge in [0.15, 0.2) is 0 Å². The van der Waals surface area contributed by atoms with Crippen LogP contribution in [0.3, 0.4) is 0 Å². The predicted octanol–water partition coefficient (Wildman–Crippen LogP) is 1.98. The maximum Gasteiger partial charge on any atom is 0.253 e. The topological polar surface area (TPSA) is 66.6 Å². The van der Waals surface area contributed by atoms with Crippen LogP contribution in [0.25, 0.3) is 0 Å². The van der Waals surface area contributed by atoms with E-state index in [0.29, 0.717) is 31.7 Å². The molecule has 2 aromatic carbocycles. The van der Waals surface area contributed by atoms with Crippen molar-refractivity contribution in [2.24, 2.45) is 5.73 Å². The predicted molar refractivity (Wildman–Crippen MR) is 96.9 cm³/mol. The molecule has 1 aliphatic rings. The smallest absolute Gasteiger partial charge is 0.253 e. The molecule has 1 heterocycles. The number of nitrogens with two attached hydrogens (primary N) is 1. The van der Waals surface area contributed by atoms with Crippen molar-refractivity contribution in [1.82, 2.24) is 9.80 Å². The number of amides is 2. The van der Waals surface area contributed by atoms with Gasteiger partial charge in [-0.25, -0.2) is 4.39 Å². The van der Waals surface area contributed by atoms with Crippen molar-refractivity contribution in [3.63, 3.8) is 0 Å². The van der Waals surface area contributed by atoms with Crippen LogP contribution in [0.1, 0.15) is 22.8 Å². The van der Waals surface area contributed by atoms with Crippen LogP contribution in [0.15, 0.2) is 54.6 Å². The van der Waals surface area contributed by atoms with E-state index >= 15 is 0 Å². The Balaban J connectivity index is 1.64. The van der Waals surface area contributed by atoms with Gasteiger partial charge in [0, 0.05) is 31.7 Å². The van der Waals surface area contributed by atoms with Crippen molar-refractivity contribution >= 4 is 11.8 Å². The number of nitrogens with zero attached hydrogens (tertiary/aromatic N) is 2. The molecule has 2 aromatic rings. The van der Waals surface area contributed by atoms with Crippen molar-refractivity contribution in [3.8, 4) is 0 Å². The Hall–Kier alpha value is -2.73. The fourth-order valence-corrected chi connectivity index (χ4v) is 3.12. The van der Waals surface area contributed by atoms with Gasteiger partial charge in [0.05, 0.1) is 0 Å². The average Bonchev–Trinajstić information content (AvgIpc) is 2.68. The minimum Gasteiger partial charge on any atom is -0.337 e. The molecular weight excluding hydrogens is 333 g/mol. The highest BCUT2D eigenvalue weighted by Crippen LogP contribution is 2.21. The summed E-state index contributed by atoms with van der Waals surface area (Å²) in [5, 5.41) is 0. The lowest BCUT2D eigenvalue weighted by Gasteiger charge is -2.38. The van der Waals surface area contributed by atoms with E-state index in [2.05, 4.69) is 0 Å². The van der Waals surface area contributed by atoms with E-state index in [9.17, 15) is 14.0 Å². The highest BCUT2D eigenvalue weighted by Gasteiger charge is 2.36. The van der Waals surface area contributed by atoms with Gasteiger partial charge >= 0.3 is 0 Å². The monoisotopic (exact) mass is 355 g/mol. The molecule has 2 N–H and O–H groups in total. The lowest BCUT2D eigenvalue weighted by molar-refractivity contribution is -0.138. The van der Waals surface area contributed by atoms with E-state index < -0.39 is 5.54 Å². The van der Waals surface area contributed by atoms with E-state index in [-0.39, 0.29) is 17.6 Å². The van der Waals surface area contributed by atoms with Gasteiger partial charge in [-0.3, -0.25) is 9.59 Å². The summed E-state index contributed by atoms with van der Waals surface area (Å²) >= 11 is 0. The molecule has 26 heavy (non-hydrogen) atoms. The summed E-state index contributed by atoms with van der Waals surface area (Å²) in [5.41, 5.74) is 6.40. The number of halogens is 1. The first-order valence-corrected chi connectivity index (χ1v) is 8.58. The van der Waals surface area contributed by atoms with Crippen LogP contribution < -0.4 is 5.73 Å². The van der Waals surface area contributed by atoms with E-state index in [1.54, 1.807) is 16.7 Å². The van der Waals surface area contributed by atoms with Crippen molar-refractivity contribution in [2.45, 2.75) is 12.5 Å². The molecule has 0 bridgehead atoms. The molecule has 6 heteroatoms. The van der Waals surface area contributed by atoms with Crippen molar-refractivity contribution in [1.29, 1.82) is 0 Å². The molecule has 1 unspecified atom stereocenters. The zero-order valence-corrected chi connectivity index (χ0v) is 14.7. The second-order valence-corrected chi connectivity index (χ2v) is 6.66. The van der Waals surface area contributed by atoms with Gasteiger partial charge in [0.25, 0.3) is 5.91 Å². The van der Waals surface area contributed by atoms with Gasteiger partial charge in [0.1, 0.15) is 11.4 Å². The highest BCUT2D eigenvalue weighted by molar-refractivity contribution is 5.94. The number of piperazine rings is 1. The van der Waals surface area contributed by atoms with Gasteiger partial charge in [-0.1, -0.05) is 30.3 Å². The molecule has 1 aliphatic heterocycles. The Labute approximate surface area is 152 Å². The van der Waals surface area contributed by atoms with Crippen LogP contribution in [0.5, 0.6) is 0 Å². The second kappa shape index (κ2) is 7.25. The summed E-state index contributed by atoms with van der Waals surface area (Å²) in [6.07, 6.45) is 0. The minimum absolute atomic E-state index is 0.155. The number of rotatable bonds is 3. The van der Waals surface area contributed by atoms with Gasteiger partial charge < -0.3 is 15.5 Å². The molecule has 0 radical (unpaired) electrons. The number of benzene rings is 2. The summed E-state index contributed by atoms with van der Waals surface area (Å²) in [6, 6.07) is 14.8. The average molecular weight is 355 g/mol. The molecule has 3 rings (SSSR count). The molecule has 1 saturated heterocycles. The third-order valence-corrected chi connectivity index (χ3v) is 4.76. The number of hydrogen-bond donors (Lipinski definition) is 1. The molecule has 5 nitrogen and oxygen atoms in total. The van der Waals surface area contributed by atoms with Crippen LogP contribution in [0.2, 0.25) is 0 Å². The summed E-state index contributed by atoms with van der Waals surface area (Å²) in [5.74, 6) is -0.687. The lowest BCUT2D eigenvalue weighted by atomic mass is 9.91. The quantitative estimate of drug-likeness (QED) is 0.916. The fraction of sp³-hybridized carbons (Fsp3) is 0.300. The third kappa shape index (κ3) is 3.60. The largest absolute Gasteiger partial charge is 0.337 e. The Morgan fingerprint density at radius 3 is 2.04 bits per heavy atom. The molecule has 0 saturated carbocycles. The van der Waals surface area contributed by atoms with Crippen LogP contribution in [0, 0.1) is 5.82 Å². The second-order valence-electron chi connectivity index (χ2n) is 6.66. The number of carbonyl (C=O) groups is 2. The van der Waals surface area contributed by atoms with E-state index in [0.717, 1.165) is 5.56 Å². The van der Waals surface area contributed by atoms with Crippen LogP contribution in [0.4, 0.5) is 4.39 Å². The molecule has 136 valence electrons. The van der Waals surface area contributed by atoms with E-state index in [4.69, 9.17) is 5.73 Å². The van der Waals surface area contributed by atoms with Gasteiger partial charge in [0.2, 0.25) is 5.91 Å². The first kappa shape index (κ1) is 18.1. The van der Waals surface area contributed by atoms with Gasteiger partial charge in [-0.2, -0.15) is 0 Å². The summed E-state index contributed by atoms with van der Waals surface area (Å²) in [7, 11) is 0. The molecule has 1 atom stereocenters. The Morgan fingerprint density at radius 2 is 1.46 bits per heavy atom. The molecule has 0 aromatic heterocycles. The fourth-order valence-electron chi connectivity index (χ4n) is 3.12. The van der Waals surface area contributed by atoms with Gasteiger partial charge in [-0.15, -0.1) is 0 Å². The lowest BCUT2D eigenvalue weighted by Crippen LogP contribution is -2.57. The van der Waals surface area contributed by atoms with Crippen LogP contribution in [-0.2, 0) is 10.3 Å². The van der Waals surface area contributed by atoms with Crippen LogP contribution >= 0.6 is 0 Å². The molecular formula is C20H22FN3O2.